The van der Waals surface area contributed by atoms with Crippen LogP contribution in [0.3, 0.4) is 0 Å². The van der Waals surface area contributed by atoms with Crippen molar-refractivity contribution < 1.29 is 14.3 Å². The van der Waals surface area contributed by atoms with E-state index in [4.69, 9.17) is 9.47 Å². The molecule has 5 nitrogen and oxygen atoms in total. The van der Waals surface area contributed by atoms with Crippen LogP contribution >= 0.6 is 0 Å². The number of carbonyl (C=O) groups excluding carboxylic acids is 1. The molecule has 0 saturated heterocycles. The highest BCUT2D eigenvalue weighted by Crippen LogP contribution is 2.34. The minimum atomic E-state index is -0.203. The predicted octanol–water partition coefficient (Wildman–Crippen LogP) is 3.45. The van der Waals surface area contributed by atoms with E-state index in [-0.39, 0.29) is 18.7 Å². The molecule has 1 atom stereocenters. The van der Waals surface area contributed by atoms with Crippen molar-refractivity contribution in [2.45, 2.75) is 13.0 Å². The van der Waals surface area contributed by atoms with Gasteiger partial charge in [0.15, 0.2) is 11.5 Å². The Bertz CT molecular complexity index is 923. The van der Waals surface area contributed by atoms with Crippen LogP contribution < -0.4 is 14.8 Å². The normalized spacial score (nSPS) is 13.7. The van der Waals surface area contributed by atoms with Gasteiger partial charge in [-0.15, -0.1) is 0 Å². The zero-order chi connectivity index (χ0) is 16.5. The van der Waals surface area contributed by atoms with Gasteiger partial charge in [-0.25, -0.2) is 4.98 Å². The van der Waals surface area contributed by atoms with Crippen molar-refractivity contribution in [2.75, 3.05) is 6.79 Å². The summed E-state index contributed by atoms with van der Waals surface area (Å²) in [5.74, 6) is 1.23. The average molecular weight is 320 g/mol. The Morgan fingerprint density at radius 1 is 1.08 bits per heavy atom. The Balaban J connectivity index is 1.54. The number of pyridine rings is 1. The van der Waals surface area contributed by atoms with Gasteiger partial charge in [-0.05, 0) is 36.8 Å². The third kappa shape index (κ3) is 2.65. The lowest BCUT2D eigenvalue weighted by Crippen LogP contribution is -2.27. The Morgan fingerprint density at radius 3 is 2.83 bits per heavy atom. The molecular formula is C19H16N2O3. The average Bonchev–Trinajstić information content (AvgIpc) is 3.08. The molecule has 1 aliphatic rings. The first-order chi connectivity index (χ1) is 11.7. The number of hydrogen-bond donors (Lipinski definition) is 1. The molecule has 1 aliphatic heterocycles. The van der Waals surface area contributed by atoms with Gasteiger partial charge in [-0.3, -0.25) is 4.79 Å². The van der Waals surface area contributed by atoms with Crippen LogP contribution in [0.2, 0.25) is 0 Å². The Morgan fingerprint density at radius 2 is 1.92 bits per heavy atom. The summed E-state index contributed by atoms with van der Waals surface area (Å²) >= 11 is 0. The van der Waals surface area contributed by atoms with Crippen molar-refractivity contribution in [3.8, 4) is 11.5 Å². The molecule has 0 fully saturated rings. The molecule has 120 valence electrons. The molecule has 1 N–H and O–H groups in total. The summed E-state index contributed by atoms with van der Waals surface area (Å²) in [6.45, 7) is 2.16. The summed E-state index contributed by atoms with van der Waals surface area (Å²) < 4.78 is 10.7. The first kappa shape index (κ1) is 14.5. The fraction of sp³-hybridized carbons (Fsp3) is 0.158. The number of amides is 1. The fourth-order valence-corrected chi connectivity index (χ4v) is 2.73. The van der Waals surface area contributed by atoms with E-state index in [1.165, 1.54) is 0 Å². The molecule has 0 bridgehead atoms. The second kappa shape index (κ2) is 5.85. The highest BCUT2D eigenvalue weighted by molar-refractivity contribution is 5.95. The molecule has 1 unspecified atom stereocenters. The molecule has 1 amide bonds. The summed E-state index contributed by atoms with van der Waals surface area (Å²) in [4.78, 5) is 16.9. The molecule has 0 radical (unpaired) electrons. The van der Waals surface area contributed by atoms with E-state index in [0.717, 1.165) is 22.2 Å². The summed E-state index contributed by atoms with van der Waals surface area (Å²) in [5, 5.41) is 3.98. The van der Waals surface area contributed by atoms with Crippen LogP contribution in [-0.2, 0) is 0 Å². The van der Waals surface area contributed by atoms with Crippen LogP contribution in [0.5, 0.6) is 11.5 Å². The molecule has 5 heteroatoms. The number of hydrogen-bond acceptors (Lipinski definition) is 4. The predicted molar refractivity (Wildman–Crippen MR) is 90.2 cm³/mol. The van der Waals surface area contributed by atoms with Gasteiger partial charge in [0.2, 0.25) is 6.79 Å². The highest BCUT2D eigenvalue weighted by Gasteiger charge is 2.18. The zero-order valence-electron chi connectivity index (χ0n) is 13.2. The standard InChI is InChI=1S/C19H16N2O3/c1-12(14-7-9-17-18(10-14)24-11-23-17)20-19(22)16-8-6-13-4-2-3-5-15(13)21-16/h2-10,12H,11H2,1H3,(H,20,22). The van der Waals surface area contributed by atoms with Crippen molar-refractivity contribution in [3.05, 3.63) is 65.9 Å². The SMILES string of the molecule is CC(NC(=O)c1ccc2ccccc2n1)c1ccc2c(c1)OCO2. The van der Waals surface area contributed by atoms with Gasteiger partial charge in [-0.1, -0.05) is 30.3 Å². The third-order valence-corrected chi connectivity index (χ3v) is 4.08. The van der Waals surface area contributed by atoms with E-state index < -0.39 is 0 Å². The lowest BCUT2D eigenvalue weighted by molar-refractivity contribution is 0.0935. The minimum absolute atomic E-state index is 0.166. The van der Waals surface area contributed by atoms with Crippen LogP contribution in [0.4, 0.5) is 0 Å². The van der Waals surface area contributed by atoms with Crippen molar-refractivity contribution >= 4 is 16.8 Å². The monoisotopic (exact) mass is 320 g/mol. The largest absolute Gasteiger partial charge is 0.454 e. The summed E-state index contributed by atoms with van der Waals surface area (Å²) in [6, 6.07) is 16.9. The third-order valence-electron chi connectivity index (χ3n) is 4.08. The number of rotatable bonds is 3. The lowest BCUT2D eigenvalue weighted by Gasteiger charge is -2.14. The van der Waals surface area contributed by atoms with E-state index in [1.54, 1.807) is 6.07 Å². The minimum Gasteiger partial charge on any atom is -0.454 e. The van der Waals surface area contributed by atoms with Crippen molar-refractivity contribution in [3.63, 3.8) is 0 Å². The number of benzene rings is 2. The molecular weight excluding hydrogens is 304 g/mol. The molecule has 4 rings (SSSR count). The summed E-state index contributed by atoms with van der Waals surface area (Å²) in [7, 11) is 0. The van der Waals surface area contributed by atoms with Gasteiger partial charge in [0.25, 0.3) is 5.91 Å². The quantitative estimate of drug-likeness (QED) is 0.803. The van der Waals surface area contributed by atoms with Crippen LogP contribution in [0.1, 0.15) is 29.0 Å². The first-order valence-electron chi connectivity index (χ1n) is 7.77. The number of carbonyl (C=O) groups is 1. The van der Waals surface area contributed by atoms with E-state index in [2.05, 4.69) is 10.3 Å². The van der Waals surface area contributed by atoms with Gasteiger partial charge in [0.05, 0.1) is 11.6 Å². The molecule has 0 aliphatic carbocycles. The number of para-hydroxylation sites is 1. The second-order valence-corrected chi connectivity index (χ2v) is 5.70. The summed E-state index contributed by atoms with van der Waals surface area (Å²) in [5.41, 5.74) is 2.16. The molecule has 0 spiro atoms. The molecule has 3 aromatic rings. The Kier molecular flexibility index (Phi) is 3.54. The van der Waals surface area contributed by atoms with Crippen LogP contribution in [0.15, 0.2) is 54.6 Å². The number of nitrogens with one attached hydrogen (secondary N) is 1. The fourth-order valence-electron chi connectivity index (χ4n) is 2.73. The Hall–Kier alpha value is -3.08. The maximum atomic E-state index is 12.5. The molecule has 2 aromatic carbocycles. The Labute approximate surface area is 139 Å². The van der Waals surface area contributed by atoms with E-state index in [9.17, 15) is 4.79 Å². The van der Waals surface area contributed by atoms with E-state index in [0.29, 0.717) is 11.4 Å². The van der Waals surface area contributed by atoms with Crippen molar-refractivity contribution in [1.29, 1.82) is 0 Å². The van der Waals surface area contributed by atoms with Gasteiger partial charge in [0.1, 0.15) is 5.69 Å². The zero-order valence-corrected chi connectivity index (χ0v) is 13.2. The molecule has 0 saturated carbocycles. The van der Waals surface area contributed by atoms with Gasteiger partial charge >= 0.3 is 0 Å². The smallest absolute Gasteiger partial charge is 0.270 e. The number of aromatic nitrogens is 1. The second-order valence-electron chi connectivity index (χ2n) is 5.70. The highest BCUT2D eigenvalue weighted by atomic mass is 16.7. The maximum Gasteiger partial charge on any atom is 0.270 e. The van der Waals surface area contributed by atoms with Crippen LogP contribution in [0.25, 0.3) is 10.9 Å². The number of ether oxygens (including phenoxy) is 2. The molecule has 24 heavy (non-hydrogen) atoms. The topological polar surface area (TPSA) is 60.5 Å². The number of fused-ring (bicyclic) bond motifs is 2. The van der Waals surface area contributed by atoms with Crippen LogP contribution in [-0.4, -0.2) is 17.7 Å². The van der Waals surface area contributed by atoms with Gasteiger partial charge in [-0.2, -0.15) is 0 Å². The molecule has 1 aromatic heterocycles. The maximum absolute atomic E-state index is 12.5. The first-order valence-corrected chi connectivity index (χ1v) is 7.77. The van der Waals surface area contributed by atoms with Gasteiger partial charge < -0.3 is 14.8 Å². The van der Waals surface area contributed by atoms with Gasteiger partial charge in [0, 0.05) is 5.39 Å². The van der Waals surface area contributed by atoms with Crippen LogP contribution in [0, 0.1) is 0 Å². The van der Waals surface area contributed by atoms with E-state index in [1.807, 2.05) is 55.5 Å². The lowest BCUT2D eigenvalue weighted by atomic mass is 10.1. The van der Waals surface area contributed by atoms with E-state index >= 15 is 0 Å². The number of nitrogens with zero attached hydrogens (tertiary/aromatic N) is 1. The molecule has 2 heterocycles. The van der Waals surface area contributed by atoms with Crippen molar-refractivity contribution in [2.24, 2.45) is 0 Å². The summed E-state index contributed by atoms with van der Waals surface area (Å²) in [6.07, 6.45) is 0. The van der Waals surface area contributed by atoms with Crippen molar-refractivity contribution in [1.82, 2.24) is 10.3 Å².